The minimum Gasteiger partial charge on any atom is -0.504 e. The first-order valence-corrected chi connectivity index (χ1v) is 16.5. The number of rotatable bonds is 7. The third-order valence-corrected chi connectivity index (χ3v) is 9.60. The molecule has 2 amide bonds. The Morgan fingerprint density at radius 3 is 2.48 bits per heavy atom. The maximum atomic E-state index is 15.3. The predicted molar refractivity (Wildman–Crippen MR) is 181 cm³/mol. The summed E-state index contributed by atoms with van der Waals surface area (Å²) in [5.41, 5.74) is -1.79. The molecule has 1 saturated carbocycles. The van der Waals surface area contributed by atoms with Crippen LogP contribution < -0.4 is 20.5 Å². The van der Waals surface area contributed by atoms with Crippen molar-refractivity contribution in [2.45, 2.75) is 63.8 Å². The number of anilines is 3. The zero-order chi connectivity index (χ0) is 37.9. The molecule has 0 unspecified atom stereocenters. The number of benzene rings is 1. The van der Waals surface area contributed by atoms with Gasteiger partial charge in [0.1, 0.15) is 24.4 Å². The standard InChI is InChI=1S/C33H33ClF5N9O4/c1-5-20-27(46-8-9-47(22-12-32(35,36)11-21(22)46)31(52)26-28(50)16(2)41-15-42-26)29(51)25-30(40-13-23(44-25)45(3)4)48(20)14-24(49)43-19-7-6-17(10-18(19)34)33(37,38)39/h6-7,10,13,15,21-22,50H,5,8-9,11-12,14H2,1-4H3,(H,43,49)/t21-,22-/m1/s1. The summed E-state index contributed by atoms with van der Waals surface area (Å²) in [6.07, 6.45) is -3.47. The summed E-state index contributed by atoms with van der Waals surface area (Å²) in [7, 11) is 3.35. The van der Waals surface area contributed by atoms with Crippen molar-refractivity contribution in [1.82, 2.24) is 29.4 Å². The number of aromatic hydroxyl groups is 1. The number of aromatic nitrogens is 5. The Morgan fingerprint density at radius 1 is 1.12 bits per heavy atom. The molecule has 2 atom stereocenters. The van der Waals surface area contributed by atoms with Gasteiger partial charge in [0.25, 0.3) is 11.8 Å². The topological polar surface area (TPSA) is 150 Å². The number of nitrogens with zero attached hydrogens (tertiary/aromatic N) is 8. The molecular formula is C33H33ClF5N9O4. The van der Waals surface area contributed by atoms with Gasteiger partial charge >= 0.3 is 6.18 Å². The number of pyridine rings is 1. The van der Waals surface area contributed by atoms with E-state index in [4.69, 9.17) is 11.6 Å². The highest BCUT2D eigenvalue weighted by atomic mass is 35.5. The molecule has 4 aromatic rings. The number of fused-ring (bicyclic) bond motifs is 2. The van der Waals surface area contributed by atoms with Gasteiger partial charge in [-0.1, -0.05) is 18.5 Å². The zero-order valence-corrected chi connectivity index (χ0v) is 29.1. The number of hydrogen-bond acceptors (Lipinski definition) is 10. The van der Waals surface area contributed by atoms with E-state index >= 15 is 8.78 Å². The molecule has 52 heavy (non-hydrogen) atoms. The lowest BCUT2D eigenvalue weighted by Gasteiger charge is -2.45. The number of piperazine rings is 1. The van der Waals surface area contributed by atoms with Gasteiger partial charge in [-0.25, -0.2) is 28.7 Å². The van der Waals surface area contributed by atoms with Crippen molar-refractivity contribution in [2.24, 2.45) is 0 Å². The number of hydrogen-bond donors (Lipinski definition) is 2. The normalized spacial score (nSPS) is 18.4. The smallest absolute Gasteiger partial charge is 0.416 e. The van der Waals surface area contributed by atoms with Gasteiger partial charge in [-0.2, -0.15) is 13.2 Å². The quantitative estimate of drug-likeness (QED) is 0.256. The molecular weight excluding hydrogens is 717 g/mol. The van der Waals surface area contributed by atoms with Crippen molar-refractivity contribution < 1.29 is 36.6 Å². The molecule has 3 aromatic heterocycles. The number of alkyl halides is 5. The second-order valence-corrected chi connectivity index (χ2v) is 13.3. The summed E-state index contributed by atoms with van der Waals surface area (Å²) in [4.78, 5) is 62.7. The fourth-order valence-electron chi connectivity index (χ4n) is 6.83. The molecule has 4 heterocycles. The Morgan fingerprint density at radius 2 is 1.83 bits per heavy atom. The summed E-state index contributed by atoms with van der Waals surface area (Å²) in [5, 5.41) is 12.7. The SMILES string of the molecule is CCc1c(N2CCN(C(=O)c3ncnc(C)c3O)[C@@H]3CC(F)(F)C[C@H]32)c(=O)c2nc(N(C)C)cnc2n1CC(=O)Nc1ccc(C(F)(F)F)cc1Cl. The first kappa shape index (κ1) is 36.7. The van der Waals surface area contributed by atoms with E-state index in [1.165, 1.54) is 27.5 Å². The summed E-state index contributed by atoms with van der Waals surface area (Å²) < 4.78 is 71.6. The Bertz CT molecular complexity index is 2150. The highest BCUT2D eigenvalue weighted by Gasteiger charge is 2.54. The Kier molecular flexibility index (Phi) is 9.48. The molecule has 2 N–H and O–H groups in total. The van der Waals surface area contributed by atoms with E-state index in [2.05, 4.69) is 25.3 Å². The van der Waals surface area contributed by atoms with Crippen LogP contribution in [-0.4, -0.2) is 91.5 Å². The number of amides is 2. The van der Waals surface area contributed by atoms with Gasteiger partial charge in [-0.3, -0.25) is 14.4 Å². The second-order valence-electron chi connectivity index (χ2n) is 12.8. The third kappa shape index (κ3) is 6.66. The largest absolute Gasteiger partial charge is 0.504 e. The Balaban J connectivity index is 1.44. The Hall–Kier alpha value is -5.13. The highest BCUT2D eigenvalue weighted by Crippen LogP contribution is 2.44. The molecule has 1 aliphatic heterocycles. The van der Waals surface area contributed by atoms with Gasteiger partial charge in [0, 0.05) is 45.7 Å². The fraction of sp³-hybridized carbons (Fsp3) is 0.424. The van der Waals surface area contributed by atoms with Crippen molar-refractivity contribution in [3.63, 3.8) is 0 Å². The first-order valence-electron chi connectivity index (χ1n) is 16.1. The molecule has 13 nitrogen and oxygen atoms in total. The van der Waals surface area contributed by atoms with Crippen molar-refractivity contribution in [3.05, 3.63) is 68.6 Å². The predicted octanol–water partition coefficient (Wildman–Crippen LogP) is 4.66. The van der Waals surface area contributed by atoms with E-state index in [1.807, 2.05) is 0 Å². The van der Waals surface area contributed by atoms with Crippen molar-refractivity contribution in [2.75, 3.05) is 42.3 Å². The summed E-state index contributed by atoms with van der Waals surface area (Å²) in [6, 6.07) is 0.313. The lowest BCUT2D eigenvalue weighted by atomic mass is 10.0. The number of nitrogens with one attached hydrogen (secondary N) is 1. The molecule has 276 valence electrons. The van der Waals surface area contributed by atoms with Crippen molar-refractivity contribution in [1.29, 1.82) is 0 Å². The molecule has 1 saturated heterocycles. The average Bonchev–Trinajstić information content (AvgIpc) is 3.41. The number of carbonyl (C=O) groups is 2. The summed E-state index contributed by atoms with van der Waals surface area (Å²) in [5.74, 6) is -4.88. The monoisotopic (exact) mass is 749 g/mol. The minimum atomic E-state index is -4.66. The van der Waals surface area contributed by atoms with Crippen molar-refractivity contribution >= 4 is 51.8 Å². The van der Waals surface area contributed by atoms with E-state index in [-0.39, 0.29) is 64.2 Å². The van der Waals surface area contributed by atoms with Crippen LogP contribution in [0, 0.1) is 6.92 Å². The van der Waals surface area contributed by atoms with Gasteiger partial charge < -0.3 is 29.7 Å². The van der Waals surface area contributed by atoms with Crippen LogP contribution in [0.15, 0.2) is 35.5 Å². The number of aryl methyl sites for hydroxylation is 1. The second kappa shape index (κ2) is 13.4. The molecule has 2 aliphatic rings. The van der Waals surface area contributed by atoms with Crippen LogP contribution in [0.25, 0.3) is 11.2 Å². The van der Waals surface area contributed by atoms with Gasteiger partial charge in [0.15, 0.2) is 22.6 Å². The fourth-order valence-corrected chi connectivity index (χ4v) is 7.06. The molecule has 0 bridgehead atoms. The molecule has 1 aromatic carbocycles. The first-order chi connectivity index (χ1) is 24.4. The lowest BCUT2D eigenvalue weighted by molar-refractivity contribution is -0.137. The summed E-state index contributed by atoms with van der Waals surface area (Å²) in [6.45, 7) is 2.48. The van der Waals surface area contributed by atoms with Gasteiger partial charge in [-0.15, -0.1) is 0 Å². The molecule has 1 aliphatic carbocycles. The van der Waals surface area contributed by atoms with Crippen LogP contribution in [0.5, 0.6) is 5.75 Å². The highest BCUT2D eigenvalue weighted by molar-refractivity contribution is 6.33. The maximum absolute atomic E-state index is 15.3. The van der Waals surface area contributed by atoms with Gasteiger partial charge in [0.05, 0.1) is 40.2 Å². The van der Waals surface area contributed by atoms with E-state index in [0.717, 1.165) is 18.5 Å². The zero-order valence-electron chi connectivity index (χ0n) is 28.3. The average molecular weight is 750 g/mol. The van der Waals surface area contributed by atoms with Crippen molar-refractivity contribution in [3.8, 4) is 5.75 Å². The number of halogens is 6. The van der Waals surface area contributed by atoms with Crippen LogP contribution in [0.2, 0.25) is 5.02 Å². The van der Waals surface area contributed by atoms with E-state index < -0.39 is 72.1 Å². The van der Waals surface area contributed by atoms with Crippen LogP contribution >= 0.6 is 11.6 Å². The van der Waals surface area contributed by atoms with E-state index in [0.29, 0.717) is 11.9 Å². The third-order valence-electron chi connectivity index (χ3n) is 9.29. The number of carbonyl (C=O) groups excluding carboxylic acids is 2. The molecule has 2 fully saturated rings. The van der Waals surface area contributed by atoms with E-state index in [1.54, 1.807) is 25.9 Å². The molecule has 6 rings (SSSR count). The summed E-state index contributed by atoms with van der Waals surface area (Å²) >= 11 is 6.09. The van der Waals surface area contributed by atoms with Crippen LogP contribution in [0.1, 0.15) is 47.2 Å². The van der Waals surface area contributed by atoms with Gasteiger partial charge in [-0.05, 0) is 31.5 Å². The maximum Gasteiger partial charge on any atom is 0.416 e. The lowest BCUT2D eigenvalue weighted by Crippen LogP contribution is -2.60. The molecule has 0 spiro atoms. The van der Waals surface area contributed by atoms with Crippen LogP contribution in [0.4, 0.5) is 39.1 Å². The van der Waals surface area contributed by atoms with E-state index in [9.17, 15) is 32.7 Å². The molecule has 19 heteroatoms. The van der Waals surface area contributed by atoms with Crippen LogP contribution in [0.3, 0.4) is 0 Å². The Labute approximate surface area is 298 Å². The van der Waals surface area contributed by atoms with Gasteiger partial charge in [0.2, 0.25) is 11.3 Å². The van der Waals surface area contributed by atoms with Crippen LogP contribution in [-0.2, 0) is 23.9 Å². The minimum absolute atomic E-state index is 0.00101. The molecule has 0 radical (unpaired) electrons.